The van der Waals surface area contributed by atoms with Gasteiger partial charge in [0.25, 0.3) is 0 Å². The number of hydrogen-bond acceptors (Lipinski definition) is 3. The minimum atomic E-state index is -0.421. The Morgan fingerprint density at radius 2 is 2.00 bits per heavy atom. The van der Waals surface area contributed by atoms with E-state index in [4.69, 9.17) is 4.74 Å². The molecule has 1 aromatic carbocycles. The molecule has 0 heterocycles. The van der Waals surface area contributed by atoms with E-state index < -0.39 is 5.97 Å². The number of halogens is 1. The third kappa shape index (κ3) is 5.05. The van der Waals surface area contributed by atoms with Crippen molar-refractivity contribution in [1.82, 2.24) is 5.32 Å². The maximum atomic E-state index is 11.1. The summed E-state index contributed by atoms with van der Waals surface area (Å²) < 4.78 is 5.13. The summed E-state index contributed by atoms with van der Waals surface area (Å²) in [5.74, 6) is -0.421. The smallest absolute Gasteiger partial charge is 0.331 e. The number of carbonyl (C=O) groups is 1. The van der Waals surface area contributed by atoms with Crippen LogP contribution < -0.4 is 5.32 Å². The van der Waals surface area contributed by atoms with Crippen LogP contribution in [0.4, 0.5) is 0 Å². The van der Waals surface area contributed by atoms with Crippen molar-refractivity contribution in [3.05, 3.63) is 48.0 Å². The van der Waals surface area contributed by atoms with Gasteiger partial charge in [0.15, 0.2) is 6.23 Å². The second kappa shape index (κ2) is 7.31. The first-order valence-corrected chi connectivity index (χ1v) is 6.03. The summed E-state index contributed by atoms with van der Waals surface area (Å²) in [7, 11) is 0. The van der Waals surface area contributed by atoms with E-state index >= 15 is 0 Å². The Balaban J connectivity index is 0.00000324. The van der Waals surface area contributed by atoms with Crippen LogP contribution in [0.5, 0.6) is 0 Å². The van der Waals surface area contributed by atoms with E-state index in [0.717, 1.165) is 0 Å². The standard InChI is InChI=1S/C15H21NO2.ClH/c1-6-14(17)18-12(3)16-15(4,5)13-10-8-7-9-11(13)2;/h6-10,12,16H,1H2,2-5H3;1H. The van der Waals surface area contributed by atoms with Crippen molar-refractivity contribution in [2.24, 2.45) is 0 Å². The van der Waals surface area contributed by atoms with Crippen LogP contribution in [0.25, 0.3) is 0 Å². The third-order valence-electron chi connectivity index (χ3n) is 2.84. The number of rotatable bonds is 5. The van der Waals surface area contributed by atoms with Crippen molar-refractivity contribution in [1.29, 1.82) is 0 Å². The summed E-state index contributed by atoms with van der Waals surface area (Å²) in [6, 6.07) is 8.16. The summed E-state index contributed by atoms with van der Waals surface area (Å²) in [5.41, 5.74) is 2.12. The number of esters is 1. The predicted molar refractivity (Wildman–Crippen MR) is 80.3 cm³/mol. The Bertz CT molecular complexity index is 444. The fourth-order valence-electron chi connectivity index (χ4n) is 2.11. The van der Waals surface area contributed by atoms with Crippen LogP contribution in [0.15, 0.2) is 36.9 Å². The van der Waals surface area contributed by atoms with Gasteiger partial charge in [0.1, 0.15) is 0 Å². The zero-order valence-electron chi connectivity index (χ0n) is 11.9. The van der Waals surface area contributed by atoms with Crippen molar-refractivity contribution in [3.8, 4) is 0 Å². The van der Waals surface area contributed by atoms with Crippen LogP contribution in [0, 0.1) is 6.92 Å². The molecule has 0 saturated heterocycles. The van der Waals surface area contributed by atoms with Crippen LogP contribution in [0.3, 0.4) is 0 Å². The maximum absolute atomic E-state index is 11.1. The molecule has 0 fully saturated rings. The second-order valence-electron chi connectivity index (χ2n) is 4.87. The average molecular weight is 284 g/mol. The molecule has 0 radical (unpaired) electrons. The number of ether oxygens (including phenoxy) is 1. The molecule has 1 unspecified atom stereocenters. The van der Waals surface area contributed by atoms with Gasteiger partial charge in [0.2, 0.25) is 0 Å². The lowest BCUT2D eigenvalue weighted by atomic mass is 9.90. The van der Waals surface area contributed by atoms with Gasteiger partial charge < -0.3 is 4.74 Å². The van der Waals surface area contributed by atoms with Gasteiger partial charge in [-0.1, -0.05) is 30.8 Å². The Morgan fingerprint density at radius 1 is 1.42 bits per heavy atom. The number of carbonyl (C=O) groups excluding carboxylic acids is 1. The first-order chi connectivity index (χ1) is 8.36. The minimum absolute atomic E-state index is 0. The molecule has 1 rings (SSSR count). The van der Waals surface area contributed by atoms with E-state index in [2.05, 4.69) is 44.8 Å². The Kier molecular flexibility index (Phi) is 6.81. The second-order valence-corrected chi connectivity index (χ2v) is 4.87. The van der Waals surface area contributed by atoms with E-state index in [-0.39, 0.29) is 24.2 Å². The Morgan fingerprint density at radius 3 is 2.53 bits per heavy atom. The van der Waals surface area contributed by atoms with Crippen molar-refractivity contribution in [3.63, 3.8) is 0 Å². The molecular weight excluding hydrogens is 262 g/mol. The first kappa shape index (κ1) is 17.7. The lowest BCUT2D eigenvalue weighted by Crippen LogP contribution is -2.44. The zero-order valence-corrected chi connectivity index (χ0v) is 12.7. The van der Waals surface area contributed by atoms with Gasteiger partial charge in [0, 0.05) is 11.6 Å². The SMILES string of the molecule is C=CC(=O)OC(C)NC(C)(C)c1ccccc1C.Cl. The number of aryl methyl sites for hydroxylation is 1. The quantitative estimate of drug-likeness (QED) is 0.512. The maximum Gasteiger partial charge on any atom is 0.331 e. The molecule has 0 saturated carbocycles. The molecule has 4 heteroatoms. The van der Waals surface area contributed by atoms with Crippen molar-refractivity contribution in [2.45, 2.75) is 39.5 Å². The van der Waals surface area contributed by atoms with Crippen LogP contribution in [-0.4, -0.2) is 12.2 Å². The minimum Gasteiger partial charge on any atom is -0.444 e. The van der Waals surface area contributed by atoms with Crippen LogP contribution in [0.2, 0.25) is 0 Å². The molecule has 0 spiro atoms. The van der Waals surface area contributed by atoms with Crippen molar-refractivity contribution >= 4 is 18.4 Å². The predicted octanol–water partition coefficient (Wildman–Crippen LogP) is 3.32. The van der Waals surface area contributed by atoms with Crippen molar-refractivity contribution in [2.75, 3.05) is 0 Å². The van der Waals surface area contributed by atoms with E-state index in [9.17, 15) is 4.79 Å². The molecule has 0 bridgehead atoms. The highest BCUT2D eigenvalue weighted by Gasteiger charge is 2.24. The highest BCUT2D eigenvalue weighted by atomic mass is 35.5. The van der Waals surface area contributed by atoms with Crippen LogP contribution >= 0.6 is 12.4 Å². The van der Waals surface area contributed by atoms with Gasteiger partial charge in [-0.3, -0.25) is 5.32 Å². The molecule has 0 aliphatic heterocycles. The molecule has 1 atom stereocenters. The summed E-state index contributed by atoms with van der Waals surface area (Å²) in [4.78, 5) is 11.1. The Hall–Kier alpha value is -1.32. The number of benzene rings is 1. The molecular formula is C15H22ClNO2. The fourth-order valence-corrected chi connectivity index (χ4v) is 2.11. The highest BCUT2D eigenvalue weighted by molar-refractivity contribution is 5.85. The first-order valence-electron chi connectivity index (χ1n) is 6.03. The van der Waals surface area contributed by atoms with Crippen LogP contribution in [0.1, 0.15) is 31.9 Å². The van der Waals surface area contributed by atoms with Gasteiger partial charge in [-0.05, 0) is 38.8 Å². The van der Waals surface area contributed by atoms with Gasteiger partial charge in [-0.15, -0.1) is 12.4 Å². The largest absolute Gasteiger partial charge is 0.444 e. The van der Waals surface area contributed by atoms with E-state index in [1.54, 1.807) is 6.92 Å². The summed E-state index contributed by atoms with van der Waals surface area (Å²) >= 11 is 0. The summed E-state index contributed by atoms with van der Waals surface area (Å²) in [6.45, 7) is 11.4. The van der Waals surface area contributed by atoms with E-state index in [1.807, 2.05) is 12.1 Å². The average Bonchev–Trinajstić information content (AvgIpc) is 2.28. The highest BCUT2D eigenvalue weighted by Crippen LogP contribution is 2.23. The molecule has 19 heavy (non-hydrogen) atoms. The van der Waals surface area contributed by atoms with Crippen LogP contribution in [-0.2, 0) is 15.1 Å². The van der Waals surface area contributed by atoms with E-state index in [1.165, 1.54) is 17.2 Å². The lowest BCUT2D eigenvalue weighted by Gasteiger charge is -2.31. The monoisotopic (exact) mass is 283 g/mol. The molecule has 0 aliphatic carbocycles. The normalized spacial score (nSPS) is 12.2. The molecule has 0 amide bonds. The molecule has 1 aromatic rings. The summed E-state index contributed by atoms with van der Waals surface area (Å²) in [5, 5.41) is 3.29. The summed E-state index contributed by atoms with van der Waals surface area (Å²) in [6.07, 6.45) is 0.795. The number of hydrogen-bond donors (Lipinski definition) is 1. The Labute approximate surface area is 121 Å². The molecule has 1 N–H and O–H groups in total. The third-order valence-corrected chi connectivity index (χ3v) is 2.84. The zero-order chi connectivity index (χ0) is 13.8. The molecule has 0 aromatic heterocycles. The molecule has 106 valence electrons. The van der Waals surface area contributed by atoms with Gasteiger partial charge in [-0.2, -0.15) is 0 Å². The fraction of sp³-hybridized carbons (Fsp3) is 0.400. The van der Waals surface area contributed by atoms with Crippen molar-refractivity contribution < 1.29 is 9.53 Å². The lowest BCUT2D eigenvalue weighted by molar-refractivity contribution is -0.144. The molecule has 0 aliphatic rings. The number of nitrogens with one attached hydrogen (secondary N) is 1. The van der Waals surface area contributed by atoms with Gasteiger partial charge in [0.05, 0.1) is 0 Å². The van der Waals surface area contributed by atoms with E-state index in [0.29, 0.717) is 0 Å². The molecule has 3 nitrogen and oxygen atoms in total. The van der Waals surface area contributed by atoms with Gasteiger partial charge >= 0.3 is 5.97 Å². The topological polar surface area (TPSA) is 38.3 Å². The van der Waals surface area contributed by atoms with Gasteiger partial charge in [-0.25, -0.2) is 4.79 Å².